The van der Waals surface area contributed by atoms with E-state index >= 15 is 0 Å². The van der Waals surface area contributed by atoms with Crippen LogP contribution >= 0.6 is 0 Å². The molecule has 3 atom stereocenters. The first-order chi connectivity index (χ1) is 9.28. The number of rotatable bonds is 8. The molecule has 0 aromatic heterocycles. The summed E-state index contributed by atoms with van der Waals surface area (Å²) in [5.41, 5.74) is 0.459. The molecule has 1 rings (SSSR count). The van der Waals surface area contributed by atoms with Crippen LogP contribution in [0.25, 0.3) is 0 Å². The minimum absolute atomic E-state index is 0.459. The maximum atomic E-state index is 6.10. The second kappa shape index (κ2) is 8.38. The average Bonchev–Trinajstić information content (AvgIpc) is 2.29. The van der Waals surface area contributed by atoms with Gasteiger partial charge in [0.15, 0.2) is 0 Å². The summed E-state index contributed by atoms with van der Waals surface area (Å²) in [6.07, 6.45) is 6.86. The third kappa shape index (κ3) is 7.64. The summed E-state index contributed by atoms with van der Waals surface area (Å²) in [5, 5.41) is 3.58. The van der Waals surface area contributed by atoms with Crippen molar-refractivity contribution in [3.05, 3.63) is 0 Å². The van der Waals surface area contributed by atoms with Gasteiger partial charge in [0.2, 0.25) is 0 Å². The fraction of sp³-hybridized carbons (Fsp3) is 1.00. The predicted molar refractivity (Wildman–Crippen MR) is 88.1 cm³/mol. The van der Waals surface area contributed by atoms with Gasteiger partial charge in [-0.1, -0.05) is 34.6 Å². The Morgan fingerprint density at radius 1 is 1.15 bits per heavy atom. The quantitative estimate of drug-likeness (QED) is 0.656. The molecule has 0 bridgehead atoms. The maximum Gasteiger partial charge on any atom is 0.0594 e. The van der Waals surface area contributed by atoms with Crippen molar-refractivity contribution >= 4 is 0 Å². The van der Waals surface area contributed by atoms with Gasteiger partial charge in [0, 0.05) is 12.6 Å². The van der Waals surface area contributed by atoms with Gasteiger partial charge in [0.1, 0.15) is 0 Å². The molecule has 1 N–H and O–H groups in total. The lowest BCUT2D eigenvalue weighted by molar-refractivity contribution is -0.0218. The Morgan fingerprint density at radius 2 is 1.85 bits per heavy atom. The molecule has 3 unspecified atom stereocenters. The van der Waals surface area contributed by atoms with E-state index in [4.69, 9.17) is 4.74 Å². The third-order valence-corrected chi connectivity index (χ3v) is 4.47. The van der Waals surface area contributed by atoms with E-state index in [9.17, 15) is 0 Å². The van der Waals surface area contributed by atoms with Gasteiger partial charge in [-0.3, -0.25) is 0 Å². The van der Waals surface area contributed by atoms with Gasteiger partial charge in [-0.05, 0) is 56.3 Å². The number of ether oxygens (including phenoxy) is 1. The summed E-state index contributed by atoms with van der Waals surface area (Å²) < 4.78 is 6.10. The van der Waals surface area contributed by atoms with Gasteiger partial charge in [-0.15, -0.1) is 0 Å². The minimum Gasteiger partial charge on any atom is -0.377 e. The van der Waals surface area contributed by atoms with Gasteiger partial charge in [-0.2, -0.15) is 0 Å². The molecule has 0 amide bonds. The molecule has 2 heteroatoms. The molecule has 1 saturated carbocycles. The van der Waals surface area contributed by atoms with Crippen LogP contribution in [0.2, 0.25) is 0 Å². The largest absolute Gasteiger partial charge is 0.377 e. The molecule has 120 valence electrons. The summed E-state index contributed by atoms with van der Waals surface area (Å²) in [6, 6.07) is 0.614. The highest BCUT2D eigenvalue weighted by molar-refractivity contribution is 4.83. The normalized spacial score (nSPS) is 27.8. The molecular weight excluding hydrogens is 246 g/mol. The van der Waals surface area contributed by atoms with E-state index in [1.54, 1.807) is 0 Å². The van der Waals surface area contributed by atoms with Crippen LogP contribution in [0.3, 0.4) is 0 Å². The van der Waals surface area contributed by atoms with Gasteiger partial charge in [-0.25, -0.2) is 0 Å². The van der Waals surface area contributed by atoms with Crippen molar-refractivity contribution < 1.29 is 4.74 Å². The maximum absolute atomic E-state index is 6.10. The summed E-state index contributed by atoms with van der Waals surface area (Å²) >= 11 is 0. The third-order valence-electron chi connectivity index (χ3n) is 4.47. The molecule has 1 aliphatic rings. The average molecular weight is 284 g/mol. The molecule has 0 aliphatic heterocycles. The highest BCUT2D eigenvalue weighted by atomic mass is 16.5. The Bertz CT molecular complexity index is 262. The Hall–Kier alpha value is -0.0800. The molecule has 1 aliphatic carbocycles. The summed E-state index contributed by atoms with van der Waals surface area (Å²) in [6.45, 7) is 15.8. The molecule has 0 saturated heterocycles. The first-order valence-corrected chi connectivity index (χ1v) is 8.63. The van der Waals surface area contributed by atoms with Crippen molar-refractivity contribution in [3.8, 4) is 0 Å². The number of hydrogen-bond donors (Lipinski definition) is 1. The Labute approximate surface area is 127 Å². The summed E-state index contributed by atoms with van der Waals surface area (Å²) in [7, 11) is 0. The summed E-state index contributed by atoms with van der Waals surface area (Å²) in [4.78, 5) is 0. The molecule has 0 aromatic carbocycles. The van der Waals surface area contributed by atoms with Crippen LogP contribution in [0.5, 0.6) is 0 Å². The van der Waals surface area contributed by atoms with E-state index in [2.05, 4.69) is 46.9 Å². The van der Waals surface area contributed by atoms with Crippen LogP contribution in [0.4, 0.5) is 0 Å². The molecule has 0 spiro atoms. The van der Waals surface area contributed by atoms with Crippen LogP contribution < -0.4 is 5.32 Å². The van der Waals surface area contributed by atoms with Crippen molar-refractivity contribution in [1.29, 1.82) is 0 Å². The Morgan fingerprint density at radius 3 is 2.45 bits per heavy atom. The second-order valence-corrected chi connectivity index (χ2v) is 8.23. The molecule has 0 radical (unpaired) electrons. The standard InChI is InChI=1S/C18H37NO/c1-14(2)7-8-16(4)19-9-10-20-17-11-15(3)12-18(5,6)13-17/h14-17,19H,7-13H2,1-6H3. The molecule has 1 fully saturated rings. The molecular formula is C18H37NO. The number of hydrogen-bond acceptors (Lipinski definition) is 2. The molecule has 2 nitrogen and oxygen atoms in total. The van der Waals surface area contributed by atoms with Gasteiger partial charge < -0.3 is 10.1 Å². The van der Waals surface area contributed by atoms with Gasteiger partial charge >= 0.3 is 0 Å². The van der Waals surface area contributed by atoms with E-state index < -0.39 is 0 Å². The molecule has 20 heavy (non-hydrogen) atoms. The minimum atomic E-state index is 0.459. The first-order valence-electron chi connectivity index (χ1n) is 8.63. The molecule has 0 aromatic rings. The van der Waals surface area contributed by atoms with E-state index in [1.165, 1.54) is 32.1 Å². The van der Waals surface area contributed by atoms with Crippen LogP contribution in [-0.4, -0.2) is 25.3 Å². The van der Waals surface area contributed by atoms with Gasteiger partial charge in [0.05, 0.1) is 12.7 Å². The van der Waals surface area contributed by atoms with Crippen molar-refractivity contribution in [1.82, 2.24) is 5.32 Å². The fourth-order valence-corrected chi connectivity index (χ4v) is 3.60. The Kier molecular flexibility index (Phi) is 7.53. The van der Waals surface area contributed by atoms with E-state index in [0.717, 1.165) is 25.0 Å². The van der Waals surface area contributed by atoms with Crippen molar-refractivity contribution in [2.45, 2.75) is 85.8 Å². The zero-order valence-electron chi connectivity index (χ0n) is 14.7. The smallest absolute Gasteiger partial charge is 0.0594 e. The second-order valence-electron chi connectivity index (χ2n) is 8.23. The predicted octanol–water partition coefficient (Wildman–Crippen LogP) is 4.63. The highest BCUT2D eigenvalue weighted by Crippen LogP contribution is 2.39. The van der Waals surface area contributed by atoms with E-state index in [-0.39, 0.29) is 0 Å². The lowest BCUT2D eigenvalue weighted by Gasteiger charge is -2.38. The lowest BCUT2D eigenvalue weighted by Crippen LogP contribution is -2.35. The topological polar surface area (TPSA) is 21.3 Å². The van der Waals surface area contributed by atoms with Gasteiger partial charge in [0.25, 0.3) is 0 Å². The summed E-state index contributed by atoms with van der Waals surface area (Å²) in [5.74, 6) is 1.61. The SMILES string of the molecule is CC(C)CCC(C)NCCOC1CC(C)CC(C)(C)C1. The monoisotopic (exact) mass is 283 g/mol. The number of nitrogens with one attached hydrogen (secondary N) is 1. The van der Waals surface area contributed by atoms with Crippen molar-refractivity contribution in [2.24, 2.45) is 17.3 Å². The van der Waals surface area contributed by atoms with Crippen LogP contribution in [-0.2, 0) is 4.74 Å². The van der Waals surface area contributed by atoms with Crippen molar-refractivity contribution in [3.63, 3.8) is 0 Å². The fourth-order valence-electron chi connectivity index (χ4n) is 3.60. The van der Waals surface area contributed by atoms with Crippen LogP contribution in [0, 0.1) is 17.3 Å². The zero-order chi connectivity index (χ0) is 15.2. The van der Waals surface area contributed by atoms with E-state index in [1.807, 2.05) is 0 Å². The zero-order valence-corrected chi connectivity index (χ0v) is 14.7. The van der Waals surface area contributed by atoms with Crippen molar-refractivity contribution in [2.75, 3.05) is 13.2 Å². The van der Waals surface area contributed by atoms with Crippen LogP contribution in [0.1, 0.15) is 73.6 Å². The van der Waals surface area contributed by atoms with E-state index in [0.29, 0.717) is 17.6 Å². The van der Waals surface area contributed by atoms with Crippen LogP contribution in [0.15, 0.2) is 0 Å². The lowest BCUT2D eigenvalue weighted by atomic mass is 9.71. The molecule has 0 heterocycles. The first kappa shape index (κ1) is 18.0. The Balaban J connectivity index is 2.11. The highest BCUT2D eigenvalue weighted by Gasteiger charge is 2.32.